The van der Waals surface area contributed by atoms with Crippen LogP contribution >= 0.6 is 23.2 Å². The molecule has 0 atom stereocenters. The van der Waals surface area contributed by atoms with Crippen LogP contribution in [0, 0.1) is 0 Å². The van der Waals surface area contributed by atoms with E-state index in [-0.39, 0.29) is 0 Å². The molecule has 0 aromatic heterocycles. The summed E-state index contributed by atoms with van der Waals surface area (Å²) in [6.45, 7) is 0. The summed E-state index contributed by atoms with van der Waals surface area (Å²) in [5.74, 6) is 0. The van der Waals surface area contributed by atoms with Gasteiger partial charge in [0.05, 0.1) is 16.3 Å². The van der Waals surface area contributed by atoms with Gasteiger partial charge in [0.2, 0.25) is 6.41 Å². The molecule has 0 unspecified atom stereocenters. The van der Waals surface area contributed by atoms with Crippen LogP contribution in [-0.4, -0.2) is 12.6 Å². The summed E-state index contributed by atoms with van der Waals surface area (Å²) >= 11 is 11.6. The second-order valence-corrected chi connectivity index (χ2v) is 2.95. The Morgan fingerprint density at radius 3 is 2.46 bits per heavy atom. The molecule has 13 heavy (non-hydrogen) atoms. The minimum Gasteiger partial charge on any atom is -0.277 e. The van der Waals surface area contributed by atoms with Crippen LogP contribution < -0.4 is 5.43 Å². The first-order chi connectivity index (χ1) is 6.25. The van der Waals surface area contributed by atoms with Crippen LogP contribution in [0.2, 0.25) is 10.0 Å². The predicted octanol–water partition coefficient (Wildman–Crippen LogP) is 2.07. The summed E-state index contributed by atoms with van der Waals surface area (Å²) in [6, 6.07) is 5.11. The third-order valence-electron chi connectivity index (χ3n) is 1.32. The lowest BCUT2D eigenvalue weighted by atomic mass is 10.2. The van der Waals surface area contributed by atoms with Crippen LogP contribution in [0.5, 0.6) is 0 Å². The summed E-state index contributed by atoms with van der Waals surface area (Å²) in [7, 11) is 0. The van der Waals surface area contributed by atoms with Gasteiger partial charge in [-0.25, -0.2) is 5.43 Å². The van der Waals surface area contributed by atoms with Gasteiger partial charge in [-0.3, -0.25) is 4.79 Å². The SMILES string of the molecule is O=CN/N=C/c1c(Cl)cccc1Cl. The Hall–Kier alpha value is -1.06. The van der Waals surface area contributed by atoms with E-state index < -0.39 is 0 Å². The van der Waals surface area contributed by atoms with Crippen molar-refractivity contribution in [3.63, 3.8) is 0 Å². The highest BCUT2D eigenvalue weighted by Gasteiger charge is 2.00. The first kappa shape index (κ1) is 10.0. The van der Waals surface area contributed by atoms with Gasteiger partial charge in [-0.1, -0.05) is 29.3 Å². The summed E-state index contributed by atoms with van der Waals surface area (Å²) < 4.78 is 0. The van der Waals surface area contributed by atoms with Crippen LogP contribution in [0.15, 0.2) is 23.3 Å². The maximum Gasteiger partial charge on any atom is 0.227 e. The second kappa shape index (κ2) is 4.84. The van der Waals surface area contributed by atoms with Crippen LogP contribution in [0.1, 0.15) is 5.56 Å². The highest BCUT2D eigenvalue weighted by molar-refractivity contribution is 6.38. The number of carbonyl (C=O) groups is 1. The first-order valence-electron chi connectivity index (χ1n) is 3.42. The lowest BCUT2D eigenvalue weighted by molar-refractivity contribution is -0.109. The monoisotopic (exact) mass is 216 g/mol. The minimum absolute atomic E-state index is 0.460. The molecule has 1 rings (SSSR count). The summed E-state index contributed by atoms with van der Waals surface area (Å²) in [4.78, 5) is 9.87. The van der Waals surface area contributed by atoms with E-state index in [0.29, 0.717) is 22.0 Å². The molecule has 0 bridgehead atoms. The number of nitrogens with one attached hydrogen (secondary N) is 1. The van der Waals surface area contributed by atoms with Crippen molar-refractivity contribution in [2.24, 2.45) is 5.10 Å². The molecular weight excluding hydrogens is 211 g/mol. The van der Waals surface area contributed by atoms with Gasteiger partial charge in [-0.2, -0.15) is 5.10 Å². The van der Waals surface area contributed by atoms with Crippen molar-refractivity contribution in [3.05, 3.63) is 33.8 Å². The molecule has 0 aliphatic heterocycles. The number of nitrogens with zero attached hydrogens (tertiary/aromatic N) is 1. The van der Waals surface area contributed by atoms with E-state index in [1.807, 2.05) is 0 Å². The zero-order valence-corrected chi connectivity index (χ0v) is 8.01. The van der Waals surface area contributed by atoms with Gasteiger partial charge in [0.25, 0.3) is 0 Å². The van der Waals surface area contributed by atoms with Gasteiger partial charge in [0.15, 0.2) is 0 Å². The summed E-state index contributed by atoms with van der Waals surface area (Å²) in [5, 5.41) is 4.55. The van der Waals surface area contributed by atoms with Crippen LogP contribution in [0.4, 0.5) is 0 Å². The highest BCUT2D eigenvalue weighted by Crippen LogP contribution is 2.21. The first-order valence-corrected chi connectivity index (χ1v) is 4.17. The zero-order valence-electron chi connectivity index (χ0n) is 6.50. The normalized spacial score (nSPS) is 10.3. The molecule has 0 spiro atoms. The Balaban J connectivity index is 2.92. The van der Waals surface area contributed by atoms with E-state index in [0.717, 1.165) is 0 Å². The molecular formula is C8H6Cl2N2O. The molecule has 3 nitrogen and oxygen atoms in total. The van der Waals surface area contributed by atoms with Crippen molar-refractivity contribution < 1.29 is 4.79 Å². The number of amides is 1. The fourth-order valence-electron chi connectivity index (χ4n) is 0.766. The van der Waals surface area contributed by atoms with Crippen molar-refractivity contribution in [3.8, 4) is 0 Å². The standard InChI is InChI=1S/C8H6Cl2N2O/c9-7-2-1-3-8(10)6(7)4-11-12-5-13/h1-5H,(H,12,13)/b11-4+. The molecule has 1 aromatic carbocycles. The third-order valence-corrected chi connectivity index (χ3v) is 1.98. The fraction of sp³-hybridized carbons (Fsp3) is 0. The van der Waals surface area contributed by atoms with Gasteiger partial charge in [0, 0.05) is 5.56 Å². The Morgan fingerprint density at radius 1 is 1.31 bits per heavy atom. The number of halogens is 2. The molecule has 0 aliphatic carbocycles. The number of carbonyl (C=O) groups excluding carboxylic acids is 1. The number of hydrogen-bond donors (Lipinski definition) is 1. The summed E-state index contributed by atoms with van der Waals surface area (Å²) in [6.07, 6.45) is 1.85. The quantitative estimate of drug-likeness (QED) is 0.470. The molecule has 0 saturated heterocycles. The van der Waals surface area contributed by atoms with Crippen molar-refractivity contribution in [1.29, 1.82) is 0 Å². The largest absolute Gasteiger partial charge is 0.277 e. The molecule has 68 valence electrons. The van der Waals surface area contributed by atoms with Crippen molar-refractivity contribution in [2.75, 3.05) is 0 Å². The van der Waals surface area contributed by atoms with E-state index >= 15 is 0 Å². The second-order valence-electron chi connectivity index (χ2n) is 2.14. The lowest BCUT2D eigenvalue weighted by Crippen LogP contribution is -2.00. The molecule has 0 radical (unpaired) electrons. The number of rotatable bonds is 3. The zero-order chi connectivity index (χ0) is 9.68. The molecule has 1 N–H and O–H groups in total. The Kier molecular flexibility index (Phi) is 3.73. The maximum absolute atomic E-state index is 9.87. The van der Waals surface area contributed by atoms with E-state index in [2.05, 4.69) is 10.5 Å². The number of hydrazone groups is 1. The van der Waals surface area contributed by atoms with Gasteiger partial charge in [-0.15, -0.1) is 0 Å². The number of hydrogen-bond acceptors (Lipinski definition) is 2. The van der Waals surface area contributed by atoms with Crippen LogP contribution in [0.25, 0.3) is 0 Å². The van der Waals surface area contributed by atoms with Crippen LogP contribution in [0.3, 0.4) is 0 Å². The van der Waals surface area contributed by atoms with Crippen molar-refractivity contribution >= 4 is 35.8 Å². The fourth-order valence-corrected chi connectivity index (χ4v) is 1.26. The molecule has 0 aliphatic rings. The molecule has 0 saturated carbocycles. The highest BCUT2D eigenvalue weighted by atomic mass is 35.5. The predicted molar refractivity (Wildman–Crippen MR) is 53.3 cm³/mol. The molecule has 0 heterocycles. The Labute approximate surface area is 85.3 Å². The smallest absolute Gasteiger partial charge is 0.227 e. The average molecular weight is 217 g/mol. The topological polar surface area (TPSA) is 41.5 Å². The lowest BCUT2D eigenvalue weighted by Gasteiger charge is -1.98. The maximum atomic E-state index is 9.87. The van der Waals surface area contributed by atoms with E-state index in [1.165, 1.54) is 6.21 Å². The van der Waals surface area contributed by atoms with Crippen molar-refractivity contribution in [1.82, 2.24) is 5.43 Å². The van der Waals surface area contributed by atoms with E-state index in [1.54, 1.807) is 18.2 Å². The molecule has 1 amide bonds. The van der Waals surface area contributed by atoms with E-state index in [4.69, 9.17) is 23.2 Å². The van der Waals surface area contributed by atoms with Gasteiger partial charge in [0.1, 0.15) is 0 Å². The minimum atomic E-state index is 0.460. The molecule has 1 aromatic rings. The third kappa shape index (κ3) is 2.72. The van der Waals surface area contributed by atoms with Crippen molar-refractivity contribution in [2.45, 2.75) is 0 Å². The van der Waals surface area contributed by atoms with E-state index in [9.17, 15) is 4.79 Å². The van der Waals surface area contributed by atoms with Gasteiger partial charge < -0.3 is 0 Å². The molecule has 0 fully saturated rings. The van der Waals surface area contributed by atoms with Gasteiger partial charge in [-0.05, 0) is 12.1 Å². The molecule has 5 heteroatoms. The summed E-state index contributed by atoms with van der Waals surface area (Å²) in [5.41, 5.74) is 2.71. The Morgan fingerprint density at radius 2 is 1.92 bits per heavy atom. The van der Waals surface area contributed by atoms with Crippen LogP contribution in [-0.2, 0) is 4.79 Å². The number of benzene rings is 1. The average Bonchev–Trinajstić information content (AvgIpc) is 2.10. The Bertz CT molecular complexity index is 319. The van der Waals surface area contributed by atoms with Gasteiger partial charge >= 0.3 is 0 Å².